The summed E-state index contributed by atoms with van der Waals surface area (Å²) in [5.41, 5.74) is -6.09. The summed E-state index contributed by atoms with van der Waals surface area (Å²) in [4.78, 5) is 14.5. The number of alkyl halides is 7. The Balaban J connectivity index is 1.48. The largest absolute Gasteiger partial charge is 0.435 e. The van der Waals surface area contributed by atoms with Gasteiger partial charge >= 0.3 is 24.1 Å². The Morgan fingerprint density at radius 3 is 2.26 bits per heavy atom. The number of nitrogens with zero attached hydrogens (tertiary/aromatic N) is 1. The molecule has 190 valence electrons. The standard InChI is InChI=1S/C22H25F7N2O2S/c23-20(21(24,25)26,22(27,28)29)15-2-3-16-14(11-15)1-4-18-17(16)5-8-31(18)19(32)30-12-13-6-9-34(33)10-7-13/h2-3,11,13,17-18H,1,4-10,12H2,(H,30,32). The molecule has 1 aromatic carbocycles. The van der Waals surface area contributed by atoms with Gasteiger partial charge in [-0.2, -0.15) is 26.3 Å². The van der Waals surface area contributed by atoms with Gasteiger partial charge in [0.1, 0.15) is 0 Å². The fraction of sp³-hybridized carbons (Fsp3) is 0.682. The van der Waals surface area contributed by atoms with Crippen LogP contribution in [0.1, 0.15) is 48.3 Å². The molecule has 0 radical (unpaired) electrons. The fourth-order valence-electron chi connectivity index (χ4n) is 5.40. The number of aryl methyl sites for hydroxylation is 1. The van der Waals surface area contributed by atoms with E-state index in [4.69, 9.17) is 0 Å². The first kappa shape index (κ1) is 25.2. The number of carbonyl (C=O) groups excluding carboxylic acids is 1. The van der Waals surface area contributed by atoms with Crippen LogP contribution in [0.3, 0.4) is 0 Å². The van der Waals surface area contributed by atoms with Crippen molar-refractivity contribution in [1.29, 1.82) is 0 Å². The number of halogens is 7. The highest BCUT2D eigenvalue weighted by atomic mass is 32.2. The van der Waals surface area contributed by atoms with E-state index in [9.17, 15) is 39.7 Å². The number of carbonyl (C=O) groups is 1. The summed E-state index contributed by atoms with van der Waals surface area (Å²) in [7, 11) is -0.793. The molecule has 2 heterocycles. The Morgan fingerprint density at radius 2 is 1.65 bits per heavy atom. The Hall–Kier alpha value is -1.85. The zero-order valence-corrected chi connectivity index (χ0v) is 19.0. The van der Waals surface area contributed by atoms with E-state index in [0.717, 1.165) is 18.9 Å². The first-order valence-corrected chi connectivity index (χ1v) is 12.7. The van der Waals surface area contributed by atoms with Crippen LogP contribution in [0.2, 0.25) is 0 Å². The monoisotopic (exact) mass is 514 g/mol. The number of rotatable bonds is 3. The predicted molar refractivity (Wildman–Crippen MR) is 112 cm³/mol. The molecule has 2 amide bonds. The lowest BCUT2D eigenvalue weighted by Gasteiger charge is -2.35. The van der Waals surface area contributed by atoms with Crippen LogP contribution in [-0.4, -0.2) is 58.1 Å². The third kappa shape index (κ3) is 4.42. The second-order valence-electron chi connectivity index (χ2n) is 9.24. The maximum absolute atomic E-state index is 14.5. The third-order valence-electron chi connectivity index (χ3n) is 7.29. The molecule has 4 rings (SSSR count). The van der Waals surface area contributed by atoms with Crippen molar-refractivity contribution in [1.82, 2.24) is 10.2 Å². The highest BCUT2D eigenvalue weighted by Crippen LogP contribution is 2.54. The summed E-state index contributed by atoms with van der Waals surface area (Å²) < 4.78 is 105. The Labute approximate surface area is 194 Å². The predicted octanol–water partition coefficient (Wildman–Crippen LogP) is 4.95. The van der Waals surface area contributed by atoms with E-state index in [1.165, 1.54) is 0 Å². The van der Waals surface area contributed by atoms with Gasteiger partial charge in [-0.05, 0) is 49.1 Å². The van der Waals surface area contributed by atoms with Crippen LogP contribution in [0, 0.1) is 5.92 Å². The van der Waals surface area contributed by atoms with Gasteiger partial charge in [-0.3, -0.25) is 4.21 Å². The van der Waals surface area contributed by atoms with Crippen molar-refractivity contribution in [3.8, 4) is 0 Å². The van der Waals surface area contributed by atoms with Gasteiger partial charge in [0.15, 0.2) is 0 Å². The quantitative estimate of drug-likeness (QED) is 0.581. The van der Waals surface area contributed by atoms with Crippen LogP contribution >= 0.6 is 0 Å². The van der Waals surface area contributed by atoms with Crippen LogP contribution < -0.4 is 5.32 Å². The van der Waals surface area contributed by atoms with Gasteiger partial charge in [0.05, 0.1) is 0 Å². The van der Waals surface area contributed by atoms with Gasteiger partial charge in [-0.25, -0.2) is 9.18 Å². The molecule has 4 nitrogen and oxygen atoms in total. The molecule has 2 unspecified atom stereocenters. The summed E-state index contributed by atoms with van der Waals surface area (Å²) in [6, 6.07) is 1.92. The molecule has 2 fully saturated rings. The van der Waals surface area contributed by atoms with Crippen molar-refractivity contribution < 1.29 is 39.7 Å². The lowest BCUT2D eigenvalue weighted by Crippen LogP contribution is -2.50. The summed E-state index contributed by atoms with van der Waals surface area (Å²) >= 11 is 0. The fourth-order valence-corrected chi connectivity index (χ4v) is 6.79. The average molecular weight is 515 g/mol. The van der Waals surface area contributed by atoms with E-state index in [1.807, 2.05) is 0 Å². The van der Waals surface area contributed by atoms with Crippen LogP contribution in [0.25, 0.3) is 0 Å². The second-order valence-corrected chi connectivity index (χ2v) is 10.9. The van der Waals surface area contributed by atoms with Gasteiger partial charge in [0.25, 0.3) is 0 Å². The summed E-state index contributed by atoms with van der Waals surface area (Å²) in [5, 5.41) is 2.92. The van der Waals surface area contributed by atoms with E-state index >= 15 is 0 Å². The van der Waals surface area contributed by atoms with E-state index < -0.39 is 34.4 Å². The number of nitrogens with one attached hydrogen (secondary N) is 1. The van der Waals surface area contributed by atoms with Gasteiger partial charge in [-0.1, -0.05) is 18.2 Å². The van der Waals surface area contributed by atoms with Gasteiger partial charge in [-0.15, -0.1) is 0 Å². The molecule has 1 N–H and O–H groups in total. The van der Waals surface area contributed by atoms with E-state index in [0.29, 0.717) is 55.1 Å². The van der Waals surface area contributed by atoms with E-state index in [-0.39, 0.29) is 35.9 Å². The summed E-state index contributed by atoms with van der Waals surface area (Å²) in [5.74, 6) is 1.27. The van der Waals surface area contributed by atoms with Crippen LogP contribution in [0.15, 0.2) is 18.2 Å². The smallest absolute Gasteiger partial charge is 0.338 e. The van der Waals surface area contributed by atoms with Gasteiger partial charge < -0.3 is 10.2 Å². The highest BCUT2D eigenvalue weighted by Gasteiger charge is 2.73. The molecule has 0 saturated carbocycles. The average Bonchev–Trinajstić information content (AvgIpc) is 3.20. The normalized spacial score (nSPS) is 27.8. The molecule has 3 aliphatic rings. The summed E-state index contributed by atoms with van der Waals surface area (Å²) in [6.07, 6.45) is -9.70. The maximum Gasteiger partial charge on any atom is 0.435 e. The zero-order chi connectivity index (χ0) is 24.9. The Kier molecular flexibility index (Phi) is 6.67. The van der Waals surface area contributed by atoms with Crippen molar-refractivity contribution in [3.05, 3.63) is 34.9 Å². The van der Waals surface area contributed by atoms with Crippen LogP contribution in [-0.2, 0) is 22.9 Å². The molecule has 2 aliphatic heterocycles. The van der Waals surface area contributed by atoms with Crippen molar-refractivity contribution in [3.63, 3.8) is 0 Å². The molecule has 0 aromatic heterocycles. The number of amides is 2. The molecular weight excluding hydrogens is 489 g/mol. The molecule has 2 atom stereocenters. The molecule has 2 saturated heterocycles. The number of likely N-dealkylation sites (tertiary alicyclic amines) is 1. The first-order chi connectivity index (χ1) is 15.8. The van der Waals surface area contributed by atoms with Gasteiger partial charge in [0, 0.05) is 52.9 Å². The molecule has 0 spiro atoms. The number of hydrogen-bond donors (Lipinski definition) is 1. The maximum atomic E-state index is 14.5. The van der Waals surface area contributed by atoms with Crippen molar-refractivity contribution >= 4 is 16.8 Å². The van der Waals surface area contributed by atoms with Crippen molar-refractivity contribution in [2.75, 3.05) is 24.6 Å². The molecule has 12 heteroatoms. The number of urea groups is 1. The Morgan fingerprint density at radius 1 is 1.00 bits per heavy atom. The number of benzene rings is 1. The lowest BCUT2D eigenvalue weighted by atomic mass is 9.77. The van der Waals surface area contributed by atoms with Gasteiger partial charge in [0.2, 0.25) is 0 Å². The molecule has 34 heavy (non-hydrogen) atoms. The topological polar surface area (TPSA) is 49.4 Å². The van der Waals surface area contributed by atoms with E-state index in [1.54, 1.807) is 4.90 Å². The number of fused-ring (bicyclic) bond motifs is 3. The third-order valence-corrected chi connectivity index (χ3v) is 8.67. The molecular formula is C22H25F7N2O2S. The minimum atomic E-state index is -6.15. The summed E-state index contributed by atoms with van der Waals surface area (Å²) in [6.45, 7) is 0.881. The Bertz CT molecular complexity index is 942. The number of hydrogen-bond acceptors (Lipinski definition) is 2. The molecule has 1 aromatic rings. The van der Waals surface area contributed by atoms with Crippen LogP contribution in [0.5, 0.6) is 0 Å². The SMILES string of the molecule is O=C(NCC1CCS(=O)CC1)N1CCC2c3ccc(C(F)(C(F)(F)F)C(F)(F)F)cc3CCC21. The minimum Gasteiger partial charge on any atom is -0.338 e. The van der Waals surface area contributed by atoms with Crippen molar-refractivity contribution in [2.24, 2.45) is 5.92 Å². The van der Waals surface area contributed by atoms with Crippen LogP contribution in [0.4, 0.5) is 35.5 Å². The lowest BCUT2D eigenvalue weighted by molar-refractivity contribution is -0.348. The second kappa shape index (κ2) is 8.98. The zero-order valence-electron chi connectivity index (χ0n) is 18.1. The molecule has 1 aliphatic carbocycles. The molecule has 0 bridgehead atoms. The van der Waals surface area contributed by atoms with E-state index in [2.05, 4.69) is 5.32 Å². The minimum absolute atomic E-state index is 0.147. The first-order valence-electron chi connectivity index (χ1n) is 11.2. The van der Waals surface area contributed by atoms with Crippen molar-refractivity contribution in [2.45, 2.75) is 62.1 Å². The highest BCUT2D eigenvalue weighted by molar-refractivity contribution is 7.85.